The van der Waals surface area contributed by atoms with Gasteiger partial charge in [-0.1, -0.05) is 6.07 Å². The highest BCUT2D eigenvalue weighted by molar-refractivity contribution is 5.78. The molecule has 9 heteroatoms. The van der Waals surface area contributed by atoms with E-state index in [1.807, 2.05) is 0 Å². The summed E-state index contributed by atoms with van der Waals surface area (Å²) >= 11 is 0. The Morgan fingerprint density at radius 3 is 2.73 bits per heavy atom. The van der Waals surface area contributed by atoms with Gasteiger partial charge in [0.2, 0.25) is 0 Å². The zero-order chi connectivity index (χ0) is 18.6. The van der Waals surface area contributed by atoms with E-state index in [9.17, 15) is 18.0 Å². The molecule has 0 aliphatic carbocycles. The highest BCUT2D eigenvalue weighted by Gasteiger charge is 2.31. The molecule has 138 valence electrons. The van der Waals surface area contributed by atoms with Gasteiger partial charge in [-0.3, -0.25) is 4.79 Å². The lowest BCUT2D eigenvalue weighted by Gasteiger charge is -2.17. The number of rotatable bonds is 5. The lowest BCUT2D eigenvalue weighted by molar-refractivity contribution is -0.137. The molecule has 2 heterocycles. The number of hydrogen-bond donors (Lipinski definition) is 0. The topological polar surface area (TPSA) is 64.5 Å². The van der Waals surface area contributed by atoms with Gasteiger partial charge in [-0.25, -0.2) is 9.97 Å². The summed E-state index contributed by atoms with van der Waals surface area (Å²) in [5.41, 5.74) is -0.819. The van der Waals surface area contributed by atoms with Crippen LogP contribution in [0, 0.1) is 0 Å². The number of carbonyl (C=O) groups excluding carboxylic acids is 1. The molecule has 1 atom stereocenters. The Bertz CT molecular complexity index is 756. The normalized spacial score (nSPS) is 17.2. The largest absolute Gasteiger partial charge is 0.484 e. The van der Waals surface area contributed by atoms with Gasteiger partial charge in [-0.05, 0) is 24.3 Å². The number of benzene rings is 1. The quantitative estimate of drug-likeness (QED) is 0.813. The second-order valence-electron chi connectivity index (χ2n) is 5.71. The van der Waals surface area contributed by atoms with E-state index in [4.69, 9.17) is 9.47 Å². The lowest BCUT2D eigenvalue weighted by atomic mass is 10.2. The number of alkyl halides is 3. The Morgan fingerprint density at radius 2 is 2.00 bits per heavy atom. The molecule has 1 saturated heterocycles. The zero-order valence-electron chi connectivity index (χ0n) is 13.6. The summed E-state index contributed by atoms with van der Waals surface area (Å²) in [5.74, 6) is -0.319. The van der Waals surface area contributed by atoms with Gasteiger partial charge in [0.1, 0.15) is 11.9 Å². The average molecular weight is 367 g/mol. The van der Waals surface area contributed by atoms with Crippen LogP contribution in [0.25, 0.3) is 0 Å². The standard InChI is InChI=1S/C17H16F3N3O3/c18-17(19,20)12-3-1-4-13(9-12)25-11-15(24)23-8-5-14(10-23)26-16-21-6-2-7-22-16/h1-4,6-7,9,14H,5,8,10-11H2/t14-/m0/s1. The monoisotopic (exact) mass is 367 g/mol. The van der Waals surface area contributed by atoms with E-state index in [1.54, 1.807) is 23.4 Å². The van der Waals surface area contributed by atoms with Crippen LogP contribution in [0.1, 0.15) is 12.0 Å². The summed E-state index contributed by atoms with van der Waals surface area (Å²) in [4.78, 5) is 21.7. The predicted molar refractivity (Wildman–Crippen MR) is 84.6 cm³/mol. The molecule has 0 bridgehead atoms. The number of amides is 1. The van der Waals surface area contributed by atoms with E-state index in [0.29, 0.717) is 19.5 Å². The van der Waals surface area contributed by atoms with E-state index in [-0.39, 0.29) is 30.4 Å². The molecule has 1 aromatic carbocycles. The number of likely N-dealkylation sites (tertiary alicyclic amines) is 1. The van der Waals surface area contributed by atoms with Crippen LogP contribution >= 0.6 is 0 Å². The van der Waals surface area contributed by atoms with Gasteiger partial charge in [0.25, 0.3) is 5.91 Å². The maximum atomic E-state index is 12.7. The van der Waals surface area contributed by atoms with Crippen molar-refractivity contribution in [1.29, 1.82) is 0 Å². The first-order chi connectivity index (χ1) is 12.4. The fourth-order valence-corrected chi connectivity index (χ4v) is 2.54. The van der Waals surface area contributed by atoms with Gasteiger partial charge in [0, 0.05) is 25.4 Å². The predicted octanol–water partition coefficient (Wildman–Crippen LogP) is 2.55. The molecule has 0 unspecified atom stereocenters. The third-order valence-electron chi connectivity index (χ3n) is 3.84. The number of carbonyl (C=O) groups is 1. The van der Waals surface area contributed by atoms with Crippen LogP contribution in [0.4, 0.5) is 13.2 Å². The van der Waals surface area contributed by atoms with E-state index >= 15 is 0 Å². The number of nitrogens with zero attached hydrogens (tertiary/aromatic N) is 3. The molecule has 1 fully saturated rings. The maximum absolute atomic E-state index is 12.7. The van der Waals surface area contributed by atoms with Crippen LogP contribution in [-0.4, -0.2) is 46.6 Å². The SMILES string of the molecule is O=C(COc1cccc(C(F)(F)F)c1)N1CC[C@H](Oc2ncccn2)C1. The van der Waals surface area contributed by atoms with Crippen molar-refractivity contribution in [3.05, 3.63) is 48.3 Å². The van der Waals surface area contributed by atoms with Crippen molar-refractivity contribution >= 4 is 5.91 Å². The number of hydrogen-bond acceptors (Lipinski definition) is 5. The maximum Gasteiger partial charge on any atom is 0.416 e. The molecule has 0 spiro atoms. The van der Waals surface area contributed by atoms with Crippen molar-refractivity contribution in [2.45, 2.75) is 18.7 Å². The van der Waals surface area contributed by atoms with E-state index < -0.39 is 11.7 Å². The van der Waals surface area contributed by atoms with Crippen molar-refractivity contribution in [2.24, 2.45) is 0 Å². The van der Waals surface area contributed by atoms with Crippen molar-refractivity contribution < 1.29 is 27.4 Å². The minimum atomic E-state index is -4.46. The fourth-order valence-electron chi connectivity index (χ4n) is 2.54. The van der Waals surface area contributed by atoms with Crippen LogP contribution in [0.15, 0.2) is 42.7 Å². The first-order valence-corrected chi connectivity index (χ1v) is 7.93. The molecule has 1 aromatic heterocycles. The Morgan fingerprint density at radius 1 is 1.23 bits per heavy atom. The number of halogens is 3. The van der Waals surface area contributed by atoms with Crippen LogP contribution in [-0.2, 0) is 11.0 Å². The van der Waals surface area contributed by atoms with E-state index in [1.165, 1.54) is 12.1 Å². The van der Waals surface area contributed by atoms with Gasteiger partial charge in [-0.15, -0.1) is 0 Å². The Hall–Kier alpha value is -2.84. The molecule has 3 rings (SSSR count). The fraction of sp³-hybridized carbons (Fsp3) is 0.353. The minimum Gasteiger partial charge on any atom is -0.484 e. The molecule has 1 aliphatic rings. The van der Waals surface area contributed by atoms with Crippen molar-refractivity contribution in [2.75, 3.05) is 19.7 Å². The van der Waals surface area contributed by atoms with Gasteiger partial charge in [0.15, 0.2) is 6.61 Å². The van der Waals surface area contributed by atoms with Gasteiger partial charge >= 0.3 is 12.2 Å². The first-order valence-electron chi connectivity index (χ1n) is 7.93. The molecule has 26 heavy (non-hydrogen) atoms. The first kappa shape index (κ1) is 18.0. The third kappa shape index (κ3) is 4.62. The van der Waals surface area contributed by atoms with E-state index in [2.05, 4.69) is 9.97 Å². The highest BCUT2D eigenvalue weighted by Crippen LogP contribution is 2.31. The van der Waals surface area contributed by atoms with Crippen molar-refractivity contribution in [3.8, 4) is 11.8 Å². The number of ether oxygens (including phenoxy) is 2. The number of aromatic nitrogens is 2. The Labute approximate surface area is 147 Å². The van der Waals surface area contributed by atoms with Gasteiger partial charge in [-0.2, -0.15) is 13.2 Å². The summed E-state index contributed by atoms with van der Waals surface area (Å²) in [6, 6.07) is 6.35. The molecule has 6 nitrogen and oxygen atoms in total. The molecule has 0 saturated carbocycles. The van der Waals surface area contributed by atoms with Crippen LogP contribution < -0.4 is 9.47 Å². The highest BCUT2D eigenvalue weighted by atomic mass is 19.4. The van der Waals surface area contributed by atoms with Crippen LogP contribution in [0.3, 0.4) is 0 Å². The molecule has 0 N–H and O–H groups in total. The molecular weight excluding hydrogens is 351 g/mol. The smallest absolute Gasteiger partial charge is 0.416 e. The zero-order valence-corrected chi connectivity index (χ0v) is 13.6. The lowest BCUT2D eigenvalue weighted by Crippen LogP contribution is -2.34. The summed E-state index contributed by atoms with van der Waals surface area (Å²) in [5, 5.41) is 0. The summed E-state index contributed by atoms with van der Waals surface area (Å²) < 4.78 is 48.8. The summed E-state index contributed by atoms with van der Waals surface area (Å²) in [6.07, 6.45) is -0.947. The molecule has 2 aromatic rings. The van der Waals surface area contributed by atoms with Crippen LogP contribution in [0.5, 0.6) is 11.8 Å². The average Bonchev–Trinajstić information content (AvgIpc) is 3.09. The molecule has 1 amide bonds. The molecule has 1 aliphatic heterocycles. The third-order valence-corrected chi connectivity index (χ3v) is 3.84. The van der Waals surface area contributed by atoms with Crippen molar-refractivity contribution in [3.63, 3.8) is 0 Å². The van der Waals surface area contributed by atoms with E-state index in [0.717, 1.165) is 12.1 Å². The summed E-state index contributed by atoms with van der Waals surface area (Å²) in [6.45, 7) is 0.487. The Balaban J connectivity index is 1.50. The Kier molecular flexibility index (Phi) is 5.24. The van der Waals surface area contributed by atoms with Crippen molar-refractivity contribution in [1.82, 2.24) is 14.9 Å². The second-order valence-corrected chi connectivity index (χ2v) is 5.71. The minimum absolute atomic E-state index is 0.00198. The van der Waals surface area contributed by atoms with Gasteiger partial charge in [0.05, 0.1) is 12.1 Å². The second kappa shape index (κ2) is 7.59. The molecular formula is C17H16F3N3O3. The van der Waals surface area contributed by atoms with Gasteiger partial charge < -0.3 is 14.4 Å². The van der Waals surface area contributed by atoms with Crippen LogP contribution in [0.2, 0.25) is 0 Å². The summed E-state index contributed by atoms with van der Waals surface area (Å²) in [7, 11) is 0. The molecule has 0 radical (unpaired) electrons.